The molecule has 0 aromatic heterocycles. The van der Waals surface area contributed by atoms with E-state index in [2.05, 4.69) is 142 Å². The average molecular weight is 1150 g/mol. The van der Waals surface area contributed by atoms with Gasteiger partial charge in [0.15, 0.2) is 6.10 Å². The van der Waals surface area contributed by atoms with E-state index >= 15 is 0 Å². The van der Waals surface area contributed by atoms with E-state index in [0.29, 0.717) is 19.3 Å². The van der Waals surface area contributed by atoms with Crippen molar-refractivity contribution < 1.29 is 28.6 Å². The maximum absolute atomic E-state index is 12.9. The predicted octanol–water partition coefficient (Wildman–Crippen LogP) is 24.3. The second-order valence-electron chi connectivity index (χ2n) is 23.0. The third-order valence-electron chi connectivity index (χ3n) is 15.0. The molecule has 0 aromatic rings. The minimum absolute atomic E-state index is 0.107. The number of rotatable bonds is 63. The Bertz CT molecular complexity index is 1700. The summed E-state index contributed by atoms with van der Waals surface area (Å²) in [5.41, 5.74) is 0. The van der Waals surface area contributed by atoms with Gasteiger partial charge in [0.2, 0.25) is 0 Å². The summed E-state index contributed by atoms with van der Waals surface area (Å²) in [7, 11) is 0. The molecule has 0 amide bonds. The molecule has 0 aliphatic heterocycles. The number of carbonyl (C=O) groups is 3. The summed E-state index contributed by atoms with van der Waals surface area (Å²) < 4.78 is 16.9. The van der Waals surface area contributed by atoms with E-state index in [1.54, 1.807) is 0 Å². The fraction of sp³-hybridized carbons (Fsp3) is 0.701. The Morgan fingerprint density at radius 2 is 0.482 bits per heavy atom. The summed E-state index contributed by atoms with van der Waals surface area (Å²) in [5, 5.41) is 0. The van der Waals surface area contributed by atoms with Crippen LogP contribution in [-0.4, -0.2) is 37.2 Å². The topological polar surface area (TPSA) is 78.9 Å². The lowest BCUT2D eigenvalue weighted by Crippen LogP contribution is -2.30. The molecule has 83 heavy (non-hydrogen) atoms. The fourth-order valence-corrected chi connectivity index (χ4v) is 9.80. The lowest BCUT2D eigenvalue weighted by atomic mass is 10.0. The van der Waals surface area contributed by atoms with Gasteiger partial charge in [-0.25, -0.2) is 0 Å². The Morgan fingerprint density at radius 3 is 0.771 bits per heavy atom. The standard InChI is InChI=1S/C77H130O6/c1-4-7-10-13-16-19-22-25-28-30-32-34-36-37-38-39-41-42-44-46-49-52-55-58-61-64-67-70-76(79)82-73-74(72-81-75(78)69-66-63-60-57-54-51-48-27-24-21-18-15-12-9-6-3)83-77(80)71-68-65-62-59-56-53-50-47-45-43-40-35-33-31-29-26-23-20-17-14-11-8-5-2/h8-9,11-12,17-18,20-21,26-27,29,33,35,43,45,48,50,53,59,62,74H,4-7,10,13-16,19,22-25,28,30-32,34,36-42,44,46-47,49,51-52,54-58,60-61,63-73H2,1-3H3/b11-8-,12-9-,20-17-,21-18-,29-26-,35-33-,45-43-,48-27-,53-50-,62-59-. The molecule has 0 fully saturated rings. The van der Waals surface area contributed by atoms with Gasteiger partial charge in [-0.05, 0) is 103 Å². The second kappa shape index (κ2) is 70.3. The lowest BCUT2D eigenvalue weighted by molar-refractivity contribution is -0.167. The molecule has 0 bridgehead atoms. The van der Waals surface area contributed by atoms with Gasteiger partial charge < -0.3 is 14.2 Å². The van der Waals surface area contributed by atoms with Crippen LogP contribution in [0.4, 0.5) is 0 Å². The van der Waals surface area contributed by atoms with Crippen molar-refractivity contribution >= 4 is 17.9 Å². The van der Waals surface area contributed by atoms with E-state index in [4.69, 9.17) is 14.2 Å². The number of unbranched alkanes of at least 4 members (excludes halogenated alkanes) is 32. The van der Waals surface area contributed by atoms with Gasteiger partial charge in [-0.15, -0.1) is 0 Å². The molecular weight excluding hydrogens is 1020 g/mol. The average Bonchev–Trinajstić information content (AvgIpc) is 3.49. The number of ether oxygens (including phenoxy) is 3. The fourth-order valence-electron chi connectivity index (χ4n) is 9.80. The highest BCUT2D eigenvalue weighted by atomic mass is 16.6. The molecule has 1 atom stereocenters. The summed E-state index contributed by atoms with van der Waals surface area (Å²) in [6.45, 7) is 6.39. The largest absolute Gasteiger partial charge is 0.462 e. The van der Waals surface area contributed by atoms with Gasteiger partial charge in [-0.2, -0.15) is 0 Å². The maximum Gasteiger partial charge on any atom is 0.306 e. The van der Waals surface area contributed by atoms with Gasteiger partial charge in [0.25, 0.3) is 0 Å². The first-order valence-corrected chi connectivity index (χ1v) is 35.0. The van der Waals surface area contributed by atoms with Gasteiger partial charge in [0.05, 0.1) is 0 Å². The monoisotopic (exact) mass is 1150 g/mol. The molecule has 1 unspecified atom stereocenters. The molecule has 0 saturated heterocycles. The zero-order chi connectivity index (χ0) is 59.9. The van der Waals surface area contributed by atoms with Crippen molar-refractivity contribution in [1.82, 2.24) is 0 Å². The first-order valence-electron chi connectivity index (χ1n) is 35.0. The third-order valence-corrected chi connectivity index (χ3v) is 15.0. The highest BCUT2D eigenvalue weighted by molar-refractivity contribution is 5.71. The molecule has 0 rings (SSSR count). The van der Waals surface area contributed by atoms with Crippen molar-refractivity contribution in [3.8, 4) is 0 Å². The lowest BCUT2D eigenvalue weighted by Gasteiger charge is -2.18. The highest BCUT2D eigenvalue weighted by Gasteiger charge is 2.19. The zero-order valence-corrected chi connectivity index (χ0v) is 54.4. The first-order chi connectivity index (χ1) is 41.0. The number of hydrogen-bond donors (Lipinski definition) is 0. The summed E-state index contributed by atoms with van der Waals surface area (Å²) in [6, 6.07) is 0. The third kappa shape index (κ3) is 68.5. The molecule has 0 aliphatic rings. The number of carbonyl (C=O) groups excluding carboxylic acids is 3. The molecule has 0 spiro atoms. The van der Waals surface area contributed by atoms with E-state index < -0.39 is 6.10 Å². The second-order valence-corrected chi connectivity index (χ2v) is 23.0. The number of esters is 3. The Balaban J connectivity index is 4.39. The van der Waals surface area contributed by atoms with Gasteiger partial charge in [0, 0.05) is 19.3 Å². The van der Waals surface area contributed by atoms with E-state index in [-0.39, 0.29) is 37.5 Å². The molecule has 6 heteroatoms. The quantitative estimate of drug-likeness (QED) is 0.0261. The van der Waals surface area contributed by atoms with Crippen LogP contribution in [0.25, 0.3) is 0 Å². The van der Waals surface area contributed by atoms with Crippen LogP contribution in [0.15, 0.2) is 122 Å². The summed E-state index contributed by atoms with van der Waals surface area (Å²) in [5.74, 6) is -0.975. The number of allylic oxidation sites excluding steroid dienone is 20. The van der Waals surface area contributed by atoms with Crippen LogP contribution in [0.1, 0.15) is 329 Å². The molecule has 0 aromatic carbocycles. The van der Waals surface area contributed by atoms with Crippen molar-refractivity contribution in [2.45, 2.75) is 335 Å². The van der Waals surface area contributed by atoms with E-state index in [0.717, 1.165) is 128 Å². The van der Waals surface area contributed by atoms with Crippen molar-refractivity contribution in [1.29, 1.82) is 0 Å². The minimum atomic E-state index is -0.820. The van der Waals surface area contributed by atoms with Crippen LogP contribution in [0.3, 0.4) is 0 Å². The van der Waals surface area contributed by atoms with E-state index in [1.165, 1.54) is 154 Å². The SMILES string of the molecule is CC/C=C\C/C=C\C/C=C\C/C=C\C/C=C\C/C=C\C/C=C\CCCC(=O)OC(COC(=O)CCCCCCC/C=C\C/C=C\C/C=C\CC)COC(=O)CCCCCCCCCCCCCCCCCCCCCCCCCCCCC. The van der Waals surface area contributed by atoms with Crippen LogP contribution < -0.4 is 0 Å². The van der Waals surface area contributed by atoms with Gasteiger partial charge >= 0.3 is 17.9 Å². The first kappa shape index (κ1) is 78.8. The van der Waals surface area contributed by atoms with E-state index in [1.807, 2.05) is 0 Å². The van der Waals surface area contributed by atoms with Gasteiger partial charge in [0.1, 0.15) is 13.2 Å². The maximum atomic E-state index is 12.9. The molecule has 0 radical (unpaired) electrons. The highest BCUT2D eigenvalue weighted by Crippen LogP contribution is 2.17. The molecule has 6 nitrogen and oxygen atoms in total. The van der Waals surface area contributed by atoms with Gasteiger partial charge in [-0.1, -0.05) is 328 Å². The Labute approximate surface area is 513 Å². The molecule has 474 valence electrons. The summed E-state index contributed by atoms with van der Waals surface area (Å²) in [4.78, 5) is 38.4. The summed E-state index contributed by atoms with van der Waals surface area (Å²) in [6.07, 6.45) is 98.1. The van der Waals surface area contributed by atoms with Crippen molar-refractivity contribution in [3.05, 3.63) is 122 Å². The molecule has 0 heterocycles. The Kier molecular flexibility index (Phi) is 66.7. The Hall–Kier alpha value is -4.19. The summed E-state index contributed by atoms with van der Waals surface area (Å²) >= 11 is 0. The number of hydrogen-bond acceptors (Lipinski definition) is 6. The zero-order valence-electron chi connectivity index (χ0n) is 54.4. The molecular formula is C77H130O6. The van der Waals surface area contributed by atoms with Crippen LogP contribution in [0.2, 0.25) is 0 Å². The van der Waals surface area contributed by atoms with Crippen LogP contribution in [0, 0.1) is 0 Å². The minimum Gasteiger partial charge on any atom is -0.462 e. The van der Waals surface area contributed by atoms with Gasteiger partial charge in [-0.3, -0.25) is 14.4 Å². The van der Waals surface area contributed by atoms with Crippen LogP contribution in [-0.2, 0) is 28.6 Å². The van der Waals surface area contributed by atoms with E-state index in [9.17, 15) is 14.4 Å². The Morgan fingerprint density at radius 1 is 0.253 bits per heavy atom. The van der Waals surface area contributed by atoms with Crippen molar-refractivity contribution in [3.63, 3.8) is 0 Å². The predicted molar refractivity (Wildman–Crippen MR) is 362 cm³/mol. The smallest absolute Gasteiger partial charge is 0.306 e. The molecule has 0 aliphatic carbocycles. The van der Waals surface area contributed by atoms with Crippen LogP contribution >= 0.6 is 0 Å². The van der Waals surface area contributed by atoms with Crippen LogP contribution in [0.5, 0.6) is 0 Å². The molecule has 0 N–H and O–H groups in total. The van der Waals surface area contributed by atoms with Crippen molar-refractivity contribution in [2.24, 2.45) is 0 Å². The normalized spacial score (nSPS) is 12.9. The van der Waals surface area contributed by atoms with Crippen molar-refractivity contribution in [2.75, 3.05) is 13.2 Å². The molecule has 0 saturated carbocycles.